The van der Waals surface area contributed by atoms with E-state index in [4.69, 9.17) is 15.5 Å². The van der Waals surface area contributed by atoms with Crippen molar-refractivity contribution in [3.05, 3.63) is 59.9 Å². The molecule has 13 nitrogen and oxygen atoms in total. The Balaban J connectivity index is 0.000000807. The van der Waals surface area contributed by atoms with Gasteiger partial charge in [-0.05, 0) is 51.0 Å². The van der Waals surface area contributed by atoms with Crippen molar-refractivity contribution in [1.29, 1.82) is 10.5 Å². The topological polar surface area (TPSA) is 159 Å². The molecule has 6 rings (SSSR count). The van der Waals surface area contributed by atoms with Crippen LogP contribution in [0.3, 0.4) is 0 Å². The average molecular weight is 638 g/mol. The van der Waals surface area contributed by atoms with E-state index in [1.165, 1.54) is 0 Å². The van der Waals surface area contributed by atoms with Crippen LogP contribution in [0.1, 0.15) is 37.1 Å². The lowest BCUT2D eigenvalue weighted by Crippen LogP contribution is -2.47. The molecule has 1 amide bonds. The normalized spacial score (nSPS) is 16.1. The Morgan fingerprint density at radius 1 is 1.04 bits per heavy atom. The number of carbonyl (C=O) groups is 2. The number of aldehydes is 1. The van der Waals surface area contributed by atoms with Crippen LogP contribution in [0.2, 0.25) is 0 Å². The lowest BCUT2D eigenvalue weighted by atomic mass is 10.1. The van der Waals surface area contributed by atoms with Crippen LogP contribution in [-0.2, 0) is 9.59 Å². The standard InChI is InChI=1S/C30H33FN10O.C3H3NO/c1-20-16-23(17-21(2)34-20)38-12-14-39(15-13-38)30-27(31)29(35-22-6-5-10-40(19-22)26(42)8-9-32)36-28(37-30)24-18-33-41-11-4-3-7-25(24)41;4-2-1-3-5/h3-4,7,11,16-18,22H,5-6,8,10,12-15,19H2,1-2H3,(H,35,36,37);3H,1H2/t22-;/m1./s1. The number of fused-ring (bicyclic) bond motifs is 1. The molecule has 2 saturated heterocycles. The first kappa shape index (κ1) is 32.8. The molecule has 0 bridgehead atoms. The van der Waals surface area contributed by atoms with Crippen LogP contribution in [0.4, 0.5) is 21.7 Å². The molecule has 0 radical (unpaired) electrons. The van der Waals surface area contributed by atoms with Crippen LogP contribution in [-0.4, -0.2) is 87.0 Å². The number of hydrogen-bond acceptors (Lipinski definition) is 11. The summed E-state index contributed by atoms with van der Waals surface area (Å²) in [6, 6.07) is 13.3. The van der Waals surface area contributed by atoms with Crippen molar-refractivity contribution >= 4 is 35.0 Å². The predicted molar refractivity (Wildman–Crippen MR) is 174 cm³/mol. The number of nitriles is 2. The summed E-state index contributed by atoms with van der Waals surface area (Å²) in [5.74, 6) is 0.00338. The number of aryl methyl sites for hydroxylation is 2. The Bertz CT molecular complexity index is 1800. The lowest BCUT2D eigenvalue weighted by molar-refractivity contribution is -0.131. The summed E-state index contributed by atoms with van der Waals surface area (Å²) in [5.41, 5.74) is 4.58. The molecule has 0 spiro atoms. The molecule has 2 fully saturated rings. The molecule has 1 N–H and O–H groups in total. The molecule has 2 aliphatic heterocycles. The number of anilines is 3. The van der Waals surface area contributed by atoms with Crippen LogP contribution in [0.25, 0.3) is 16.9 Å². The fourth-order valence-corrected chi connectivity index (χ4v) is 5.87. The molecule has 47 heavy (non-hydrogen) atoms. The summed E-state index contributed by atoms with van der Waals surface area (Å²) in [5, 5.41) is 24.3. The molecule has 6 heterocycles. The van der Waals surface area contributed by atoms with E-state index >= 15 is 4.39 Å². The molecule has 14 heteroatoms. The number of piperidine rings is 1. The summed E-state index contributed by atoms with van der Waals surface area (Å²) in [6.07, 6.45) is 5.47. The number of aromatic nitrogens is 5. The van der Waals surface area contributed by atoms with E-state index in [1.807, 2.05) is 49.2 Å². The van der Waals surface area contributed by atoms with Crippen LogP contribution >= 0.6 is 0 Å². The van der Waals surface area contributed by atoms with Gasteiger partial charge in [0.05, 0.1) is 35.8 Å². The molecular formula is C33H36FN11O2. The fraction of sp³-hybridized carbons (Fsp3) is 0.394. The summed E-state index contributed by atoms with van der Waals surface area (Å²) in [6.45, 7) is 7.54. The van der Waals surface area contributed by atoms with Crippen molar-refractivity contribution in [2.45, 2.75) is 45.6 Å². The lowest BCUT2D eigenvalue weighted by Gasteiger charge is -2.37. The maximum absolute atomic E-state index is 16.3. The Morgan fingerprint density at radius 3 is 2.47 bits per heavy atom. The highest BCUT2D eigenvalue weighted by Gasteiger charge is 2.29. The van der Waals surface area contributed by atoms with Gasteiger partial charge in [-0.3, -0.25) is 9.78 Å². The second-order valence-corrected chi connectivity index (χ2v) is 11.4. The smallest absolute Gasteiger partial charge is 0.236 e. The first-order valence-electron chi connectivity index (χ1n) is 15.5. The summed E-state index contributed by atoms with van der Waals surface area (Å²) < 4.78 is 18.0. The second-order valence-electron chi connectivity index (χ2n) is 11.4. The first-order chi connectivity index (χ1) is 22.8. The minimum Gasteiger partial charge on any atom is -0.368 e. The van der Waals surface area contributed by atoms with Crippen molar-refractivity contribution in [1.82, 2.24) is 29.5 Å². The van der Waals surface area contributed by atoms with Crippen molar-refractivity contribution in [3.8, 4) is 23.5 Å². The van der Waals surface area contributed by atoms with E-state index in [0.29, 0.717) is 56.9 Å². The van der Waals surface area contributed by atoms with Gasteiger partial charge in [0.15, 0.2) is 17.5 Å². The maximum Gasteiger partial charge on any atom is 0.236 e. The zero-order valence-corrected chi connectivity index (χ0v) is 26.4. The van der Waals surface area contributed by atoms with Gasteiger partial charge in [-0.1, -0.05) is 6.07 Å². The molecule has 2 aliphatic rings. The molecular weight excluding hydrogens is 601 g/mol. The number of nitrogens with zero attached hydrogens (tertiary/aromatic N) is 10. The van der Waals surface area contributed by atoms with Crippen molar-refractivity contribution in [2.24, 2.45) is 0 Å². The zero-order chi connectivity index (χ0) is 33.3. The molecule has 1 atom stereocenters. The van der Waals surface area contributed by atoms with Crippen molar-refractivity contribution in [2.75, 3.05) is 54.4 Å². The largest absolute Gasteiger partial charge is 0.368 e. The van der Waals surface area contributed by atoms with Gasteiger partial charge in [-0.25, -0.2) is 14.5 Å². The van der Waals surface area contributed by atoms with Gasteiger partial charge in [0.1, 0.15) is 12.7 Å². The van der Waals surface area contributed by atoms with Crippen LogP contribution in [0.5, 0.6) is 0 Å². The highest BCUT2D eigenvalue weighted by molar-refractivity contribution is 5.79. The van der Waals surface area contributed by atoms with Crippen LogP contribution in [0.15, 0.2) is 42.7 Å². The number of amides is 1. The Hall–Kier alpha value is -5.63. The van der Waals surface area contributed by atoms with E-state index < -0.39 is 5.82 Å². The van der Waals surface area contributed by atoms with Gasteiger partial charge in [-0.2, -0.15) is 20.0 Å². The van der Waals surface area contributed by atoms with Gasteiger partial charge < -0.3 is 24.8 Å². The molecule has 4 aromatic rings. The Morgan fingerprint density at radius 2 is 1.79 bits per heavy atom. The van der Waals surface area contributed by atoms with E-state index in [9.17, 15) is 9.59 Å². The van der Waals surface area contributed by atoms with E-state index in [-0.39, 0.29) is 36.4 Å². The van der Waals surface area contributed by atoms with E-state index in [2.05, 4.69) is 37.4 Å². The highest BCUT2D eigenvalue weighted by atomic mass is 19.1. The average Bonchev–Trinajstić information content (AvgIpc) is 3.51. The number of halogens is 1. The highest BCUT2D eigenvalue weighted by Crippen LogP contribution is 2.31. The second kappa shape index (κ2) is 15.1. The third-order valence-electron chi connectivity index (χ3n) is 8.03. The number of carbonyl (C=O) groups excluding carboxylic acids is 2. The van der Waals surface area contributed by atoms with Crippen LogP contribution in [0, 0.1) is 42.3 Å². The van der Waals surface area contributed by atoms with Crippen LogP contribution < -0.4 is 15.1 Å². The van der Waals surface area contributed by atoms with E-state index in [1.54, 1.807) is 21.7 Å². The number of hydrogen-bond donors (Lipinski definition) is 1. The van der Waals surface area contributed by atoms with E-state index in [0.717, 1.165) is 35.4 Å². The summed E-state index contributed by atoms with van der Waals surface area (Å²) in [7, 11) is 0. The third-order valence-corrected chi connectivity index (χ3v) is 8.03. The predicted octanol–water partition coefficient (Wildman–Crippen LogP) is 3.68. The number of piperazine rings is 1. The Kier molecular flexibility index (Phi) is 10.5. The first-order valence-corrected chi connectivity index (χ1v) is 15.5. The van der Waals surface area contributed by atoms with Crippen molar-refractivity contribution in [3.63, 3.8) is 0 Å². The fourth-order valence-electron chi connectivity index (χ4n) is 5.87. The molecule has 242 valence electrons. The number of pyridine rings is 2. The van der Waals surface area contributed by atoms with Gasteiger partial charge in [0.2, 0.25) is 11.7 Å². The Labute approximate surface area is 272 Å². The molecule has 0 saturated carbocycles. The third kappa shape index (κ3) is 7.79. The minimum absolute atomic E-state index is 0.0139. The SMILES string of the molecule is Cc1cc(N2CCN(c3nc(-c4cnn5ccccc45)nc(N[C@@H]4CCCN(C(=O)CC#N)C4)c3F)CC2)cc(C)n1.N#CCC=O. The monoisotopic (exact) mass is 637 g/mol. The van der Waals surface area contributed by atoms with Gasteiger partial charge in [0.25, 0.3) is 0 Å². The van der Waals surface area contributed by atoms with Gasteiger partial charge in [0, 0.05) is 68.6 Å². The number of rotatable bonds is 7. The molecule has 0 unspecified atom stereocenters. The van der Waals surface area contributed by atoms with Gasteiger partial charge >= 0.3 is 0 Å². The molecule has 0 aromatic carbocycles. The van der Waals surface area contributed by atoms with Gasteiger partial charge in [-0.15, -0.1) is 0 Å². The summed E-state index contributed by atoms with van der Waals surface area (Å²) in [4.78, 5) is 41.4. The maximum atomic E-state index is 16.3. The molecule has 0 aliphatic carbocycles. The number of nitrogens with one attached hydrogen (secondary N) is 1. The van der Waals surface area contributed by atoms with Crippen molar-refractivity contribution < 1.29 is 14.0 Å². The minimum atomic E-state index is -0.514. The zero-order valence-electron chi connectivity index (χ0n) is 26.4. The molecule has 4 aromatic heterocycles. The number of likely N-dealkylation sites (tertiary alicyclic amines) is 1. The summed E-state index contributed by atoms with van der Waals surface area (Å²) >= 11 is 0. The quantitative estimate of drug-likeness (QED) is 0.295.